The fraction of sp³-hybridized carbons (Fsp3) is 0.450. The van der Waals surface area contributed by atoms with Gasteiger partial charge in [-0.25, -0.2) is 9.98 Å². The molecule has 3 aliphatic rings. The van der Waals surface area contributed by atoms with Crippen LogP contribution in [0.5, 0.6) is 0 Å². The molecule has 1 fully saturated rings. The molecule has 134 valence electrons. The normalized spacial score (nSPS) is 26.7. The number of carbonyl (C=O) groups is 1. The maximum Gasteiger partial charge on any atom is 0.280 e. The van der Waals surface area contributed by atoms with E-state index in [4.69, 9.17) is 9.98 Å². The van der Waals surface area contributed by atoms with E-state index in [-0.39, 0.29) is 11.4 Å². The second kappa shape index (κ2) is 5.19. The Kier molecular flexibility index (Phi) is 3.12. The second-order valence-corrected chi connectivity index (χ2v) is 7.81. The lowest BCUT2D eigenvalue weighted by molar-refractivity contribution is 0.0854. The molecule has 6 heteroatoms. The lowest BCUT2D eigenvalue weighted by Crippen LogP contribution is -2.52. The van der Waals surface area contributed by atoms with Crippen LogP contribution in [0, 0.1) is 6.92 Å². The van der Waals surface area contributed by atoms with Crippen LogP contribution in [0.15, 0.2) is 35.3 Å². The van der Waals surface area contributed by atoms with Crippen molar-refractivity contribution in [1.82, 2.24) is 14.5 Å². The third-order valence-corrected chi connectivity index (χ3v) is 6.12. The Morgan fingerprint density at radius 3 is 2.81 bits per heavy atom. The first-order chi connectivity index (χ1) is 12.5. The van der Waals surface area contributed by atoms with Crippen LogP contribution < -0.4 is 4.90 Å². The number of hydrogen-bond donors (Lipinski definition) is 0. The fourth-order valence-corrected chi connectivity index (χ4v) is 4.71. The van der Waals surface area contributed by atoms with E-state index in [0.717, 1.165) is 36.0 Å². The van der Waals surface area contributed by atoms with Crippen molar-refractivity contribution in [1.29, 1.82) is 0 Å². The Morgan fingerprint density at radius 1 is 1.27 bits per heavy atom. The summed E-state index contributed by atoms with van der Waals surface area (Å²) in [4.78, 5) is 26.9. The van der Waals surface area contributed by atoms with Gasteiger partial charge in [-0.3, -0.25) is 14.6 Å². The highest BCUT2D eigenvalue weighted by Gasteiger charge is 2.54. The predicted molar refractivity (Wildman–Crippen MR) is 101 cm³/mol. The van der Waals surface area contributed by atoms with Crippen LogP contribution in [0.3, 0.4) is 0 Å². The van der Waals surface area contributed by atoms with Crippen molar-refractivity contribution in [3.63, 3.8) is 0 Å². The number of anilines is 1. The smallest absolute Gasteiger partial charge is 0.280 e. The Labute approximate surface area is 153 Å². The lowest BCUT2D eigenvalue weighted by Gasteiger charge is -2.35. The van der Waals surface area contributed by atoms with E-state index in [1.807, 2.05) is 36.7 Å². The van der Waals surface area contributed by atoms with Crippen LogP contribution >= 0.6 is 0 Å². The van der Waals surface area contributed by atoms with Gasteiger partial charge >= 0.3 is 0 Å². The van der Waals surface area contributed by atoms with Gasteiger partial charge in [-0.05, 0) is 38.7 Å². The van der Waals surface area contributed by atoms with E-state index in [1.54, 1.807) is 4.90 Å². The van der Waals surface area contributed by atoms with Crippen LogP contribution in [-0.4, -0.2) is 44.9 Å². The summed E-state index contributed by atoms with van der Waals surface area (Å²) >= 11 is 0. The predicted octanol–water partition coefficient (Wildman–Crippen LogP) is 2.81. The van der Waals surface area contributed by atoms with Crippen molar-refractivity contribution in [2.24, 2.45) is 4.99 Å². The zero-order chi connectivity index (χ0) is 18.1. The first kappa shape index (κ1) is 15.6. The largest absolute Gasteiger partial charge is 0.318 e. The van der Waals surface area contributed by atoms with E-state index in [0.29, 0.717) is 18.3 Å². The Balaban J connectivity index is 1.65. The minimum absolute atomic E-state index is 0.0184. The Morgan fingerprint density at radius 2 is 2.04 bits per heavy atom. The fourth-order valence-electron chi connectivity index (χ4n) is 4.71. The molecule has 2 aliphatic heterocycles. The van der Waals surface area contributed by atoms with E-state index in [1.165, 1.54) is 6.42 Å². The van der Waals surface area contributed by atoms with Crippen LogP contribution in [0.2, 0.25) is 0 Å². The number of aromatic nitrogens is 2. The number of fused-ring (bicyclic) bond motifs is 5. The SMILES string of the molecule is Cc1nc2c(n1Cc1ccccc1)C(=O)N(C)C1=N[C@]3(C)CCC[C@@H]3N12. The van der Waals surface area contributed by atoms with Crippen LogP contribution in [0.1, 0.15) is 48.1 Å². The molecule has 0 spiro atoms. The van der Waals surface area contributed by atoms with Crippen molar-refractivity contribution in [3.05, 3.63) is 47.4 Å². The number of guanidine groups is 1. The van der Waals surface area contributed by atoms with Gasteiger partial charge in [0.05, 0.1) is 11.6 Å². The van der Waals surface area contributed by atoms with Gasteiger partial charge in [0, 0.05) is 13.6 Å². The third-order valence-electron chi connectivity index (χ3n) is 6.12. The monoisotopic (exact) mass is 349 g/mol. The van der Waals surface area contributed by atoms with Crippen molar-refractivity contribution in [2.45, 2.75) is 51.2 Å². The molecule has 3 heterocycles. The number of imidazole rings is 1. The summed E-state index contributed by atoms with van der Waals surface area (Å²) in [5.41, 5.74) is 1.74. The molecule has 6 nitrogen and oxygen atoms in total. The van der Waals surface area contributed by atoms with E-state index in [2.05, 4.69) is 24.0 Å². The average Bonchev–Trinajstić information content (AvgIpc) is 3.23. The highest BCUT2D eigenvalue weighted by atomic mass is 16.2. The van der Waals surface area contributed by atoms with Crippen molar-refractivity contribution < 1.29 is 4.79 Å². The zero-order valence-electron chi connectivity index (χ0n) is 15.4. The molecule has 5 rings (SSSR count). The molecule has 26 heavy (non-hydrogen) atoms. The number of hydrogen-bond acceptors (Lipinski definition) is 4. The molecule has 1 aromatic heterocycles. The quantitative estimate of drug-likeness (QED) is 0.838. The highest BCUT2D eigenvalue weighted by Crippen LogP contribution is 2.46. The van der Waals surface area contributed by atoms with Crippen molar-refractivity contribution >= 4 is 17.7 Å². The molecule has 0 N–H and O–H groups in total. The molecule has 0 unspecified atom stereocenters. The molecular weight excluding hydrogens is 326 g/mol. The van der Waals surface area contributed by atoms with E-state index >= 15 is 0 Å². The van der Waals surface area contributed by atoms with Gasteiger partial charge in [0.15, 0.2) is 11.5 Å². The number of nitrogens with zero attached hydrogens (tertiary/aromatic N) is 5. The Bertz CT molecular complexity index is 931. The van der Waals surface area contributed by atoms with Gasteiger partial charge in [0.1, 0.15) is 5.82 Å². The van der Waals surface area contributed by atoms with Gasteiger partial charge < -0.3 is 4.57 Å². The molecular formula is C20H23N5O. The van der Waals surface area contributed by atoms with Gasteiger partial charge in [0.25, 0.3) is 5.91 Å². The van der Waals surface area contributed by atoms with Crippen LogP contribution in [0.25, 0.3) is 0 Å². The number of benzene rings is 1. The van der Waals surface area contributed by atoms with Gasteiger partial charge in [-0.2, -0.15) is 0 Å². The number of amides is 1. The number of aliphatic imine (C=N–C) groups is 1. The minimum Gasteiger partial charge on any atom is -0.318 e. The molecule has 1 aromatic carbocycles. The minimum atomic E-state index is -0.109. The summed E-state index contributed by atoms with van der Waals surface area (Å²) in [5.74, 6) is 2.40. The van der Waals surface area contributed by atoms with Gasteiger partial charge in [-0.1, -0.05) is 30.3 Å². The molecule has 2 aromatic rings. The molecule has 1 saturated carbocycles. The summed E-state index contributed by atoms with van der Waals surface area (Å²) in [5, 5.41) is 0. The second-order valence-electron chi connectivity index (χ2n) is 7.81. The summed E-state index contributed by atoms with van der Waals surface area (Å²) in [6.07, 6.45) is 3.33. The molecule has 2 atom stereocenters. The summed E-state index contributed by atoms with van der Waals surface area (Å²) in [7, 11) is 1.83. The van der Waals surface area contributed by atoms with E-state index in [9.17, 15) is 4.79 Å². The maximum absolute atomic E-state index is 13.2. The number of rotatable bonds is 2. The first-order valence-electron chi connectivity index (χ1n) is 9.28. The number of carbonyl (C=O) groups excluding carboxylic acids is 1. The summed E-state index contributed by atoms with van der Waals surface area (Å²) in [6.45, 7) is 4.84. The topological polar surface area (TPSA) is 53.7 Å². The molecule has 0 bridgehead atoms. The molecule has 0 radical (unpaired) electrons. The number of aryl methyl sites for hydroxylation is 1. The van der Waals surface area contributed by atoms with Crippen molar-refractivity contribution in [2.75, 3.05) is 11.9 Å². The van der Waals surface area contributed by atoms with Crippen LogP contribution in [-0.2, 0) is 6.54 Å². The summed E-state index contributed by atoms with van der Waals surface area (Å²) in [6, 6.07) is 10.5. The third kappa shape index (κ3) is 1.95. The molecule has 1 amide bonds. The van der Waals surface area contributed by atoms with E-state index < -0.39 is 0 Å². The highest BCUT2D eigenvalue weighted by molar-refractivity contribution is 6.18. The van der Waals surface area contributed by atoms with Crippen LogP contribution in [0.4, 0.5) is 5.82 Å². The summed E-state index contributed by atoms with van der Waals surface area (Å²) < 4.78 is 2.05. The molecule has 0 saturated heterocycles. The Hall–Kier alpha value is -2.63. The van der Waals surface area contributed by atoms with Crippen molar-refractivity contribution in [3.8, 4) is 0 Å². The zero-order valence-corrected chi connectivity index (χ0v) is 15.4. The average molecular weight is 349 g/mol. The van der Waals surface area contributed by atoms with Gasteiger partial charge in [0.2, 0.25) is 5.96 Å². The standard InChI is InChI=1S/C20H23N5O/c1-13-21-17-16(24(13)12-14-8-5-4-6-9-14)18(26)23(3)19-22-20(2)11-7-10-15(20)25(17)19/h4-6,8-9,15H,7,10-12H2,1-3H3/t15-,20+/m0/s1. The lowest BCUT2D eigenvalue weighted by atomic mass is 9.97. The first-order valence-corrected chi connectivity index (χ1v) is 9.28. The van der Waals surface area contributed by atoms with Gasteiger partial charge in [-0.15, -0.1) is 0 Å². The molecule has 1 aliphatic carbocycles. The maximum atomic E-state index is 13.2.